The molecule has 0 aliphatic heterocycles. The van der Waals surface area contributed by atoms with Crippen molar-refractivity contribution in [1.29, 1.82) is 0 Å². The van der Waals surface area contributed by atoms with Crippen molar-refractivity contribution in [2.45, 2.75) is 0 Å². The zero-order valence-corrected chi connectivity index (χ0v) is 3.29. The molecular weight excluding hydrogens is 104 g/mol. The lowest BCUT2D eigenvalue weighted by atomic mass is 13.6. The van der Waals surface area contributed by atoms with Crippen molar-refractivity contribution >= 4 is 0 Å². The van der Waals surface area contributed by atoms with E-state index in [1.807, 2.05) is 0 Å². The fraction of sp³-hybridized carbons (Fsp3) is 0. The predicted octanol–water partition coefficient (Wildman–Crippen LogP) is 0.803. The highest BCUT2D eigenvalue weighted by molar-refractivity contribution is 3.71. The maximum Gasteiger partial charge on any atom is 3.00 e. The van der Waals surface area contributed by atoms with Crippen molar-refractivity contribution in [3.05, 3.63) is 17.7 Å². The van der Waals surface area contributed by atoms with Gasteiger partial charge in [-0.1, -0.05) is 0 Å². The molecule has 0 spiro atoms. The molecule has 0 saturated heterocycles. The molecule has 0 unspecified atom stereocenters. The number of hydrogen-bond donors (Lipinski definition) is 3. The predicted molar refractivity (Wildman–Crippen MR) is 20.5 cm³/mol. The number of nitrogens with one attached hydrogen (secondary N) is 3. The molecule has 7 heteroatoms. The van der Waals surface area contributed by atoms with E-state index >= 15 is 0 Å². The van der Waals surface area contributed by atoms with Gasteiger partial charge in [0.05, 0.1) is 0 Å². The van der Waals surface area contributed by atoms with E-state index < -0.39 is 0 Å². The average Bonchev–Trinajstić information content (AvgIpc) is 1.81. The minimum Gasteiger partial charge on any atom is -0.553 e. The van der Waals surface area contributed by atoms with E-state index in [0.717, 1.165) is 0 Å². The van der Waals surface area contributed by atoms with Crippen LogP contribution < -0.4 is 6.15 Å². The first-order valence-corrected chi connectivity index (χ1v) is 0.671. The van der Waals surface area contributed by atoms with Crippen LogP contribution in [0.2, 0.25) is 0 Å². The molecule has 0 bridgehead atoms. The second-order valence-corrected chi connectivity index (χ2v) is 0. The van der Waals surface area contributed by atoms with E-state index in [1.165, 1.54) is 0 Å². The third-order valence-corrected chi connectivity index (χ3v) is 0. The standard InChI is InChI=1S/3H2NO.N/c3*1-2;/h3*1-2H;/q3*-1;+3. The Bertz CT molecular complexity index is 6.90. The van der Waals surface area contributed by atoms with Crippen LogP contribution in [0.5, 0.6) is 0 Å². The summed E-state index contributed by atoms with van der Waals surface area (Å²) in [7, 11) is 0. The number of nitrogens with zero attached hydrogens (tertiary/aromatic N) is 1. The first kappa shape index (κ1) is 31.7. The van der Waals surface area contributed by atoms with Gasteiger partial charge in [-0.25, -0.2) is 0 Å². The summed E-state index contributed by atoms with van der Waals surface area (Å²) >= 11 is 0. The molecule has 0 amide bonds. The van der Waals surface area contributed by atoms with E-state index in [1.54, 1.807) is 0 Å². The van der Waals surface area contributed by atoms with Gasteiger partial charge >= 0.3 is 6.15 Å². The maximum atomic E-state index is 6.25. The quantitative estimate of drug-likeness (QED) is 0.393. The molecule has 0 fully saturated rings. The topological polar surface area (TPSA) is 163 Å². The Morgan fingerprint density at radius 1 is 0.571 bits per heavy atom. The van der Waals surface area contributed by atoms with Crippen LogP contribution in [-0.2, 0) is 0 Å². The Labute approximate surface area is 40.8 Å². The van der Waals surface area contributed by atoms with Crippen LogP contribution in [0.3, 0.4) is 0 Å². The Morgan fingerprint density at radius 3 is 0.571 bits per heavy atom. The van der Waals surface area contributed by atoms with Gasteiger partial charge in [-0.3, -0.25) is 0 Å². The first-order valence-electron chi connectivity index (χ1n) is 0.671. The van der Waals surface area contributed by atoms with Gasteiger partial charge in [0, 0.05) is 0 Å². The second kappa shape index (κ2) is 389. The fourth-order valence-electron chi connectivity index (χ4n) is 0. The van der Waals surface area contributed by atoms with Gasteiger partial charge in [-0.15, -0.1) is 0 Å². The van der Waals surface area contributed by atoms with Crippen molar-refractivity contribution in [3.8, 4) is 0 Å². The normalized spacial score (nSPS) is 2.57. The van der Waals surface area contributed by atoms with Crippen LogP contribution in [-0.4, -0.2) is 15.6 Å². The largest absolute Gasteiger partial charge is 3.00 e. The Hall–Kier alpha value is -0.530. The summed E-state index contributed by atoms with van der Waals surface area (Å²) in [5.41, 5.74) is 0. The van der Waals surface area contributed by atoms with Gasteiger partial charge in [0.2, 0.25) is 0 Å². The number of hydrogen-bond acceptors (Lipinski definition) is 3. The third-order valence-electron chi connectivity index (χ3n) is 0. The smallest absolute Gasteiger partial charge is 0.553 e. The summed E-state index contributed by atoms with van der Waals surface area (Å²) < 4.78 is 0. The molecule has 0 aromatic rings. The molecule has 0 saturated carbocycles. The van der Waals surface area contributed by atoms with E-state index in [9.17, 15) is 0 Å². The summed E-state index contributed by atoms with van der Waals surface area (Å²) in [6.07, 6.45) is 0. The van der Waals surface area contributed by atoms with E-state index in [4.69, 9.17) is 33.3 Å². The van der Waals surface area contributed by atoms with E-state index in [2.05, 4.69) is 0 Å². The average molecular weight is 110 g/mol. The highest BCUT2D eigenvalue weighted by atomic mass is 16.4. The van der Waals surface area contributed by atoms with Crippen LogP contribution in [0, 0.1) is 0 Å². The molecule has 0 aromatic heterocycles. The number of rotatable bonds is 0. The van der Waals surface area contributed by atoms with E-state index in [0.29, 0.717) is 0 Å². The molecule has 7 heavy (non-hydrogen) atoms. The van der Waals surface area contributed by atoms with Crippen LogP contribution in [0.4, 0.5) is 0 Å². The van der Waals surface area contributed by atoms with Crippen molar-refractivity contribution in [2.75, 3.05) is 0 Å². The summed E-state index contributed by atoms with van der Waals surface area (Å²) in [4.78, 5) is 0. The summed E-state index contributed by atoms with van der Waals surface area (Å²) in [5.74, 6) is 14.2. The SMILES string of the molecule is [N+3].[NH-]O.[NH-]O.[NH-]O. The first-order chi connectivity index (χ1) is 3.00. The molecule has 2 radical (unpaired) electrons. The van der Waals surface area contributed by atoms with Crippen molar-refractivity contribution in [2.24, 2.45) is 0 Å². The molecule has 0 rings (SSSR count). The Balaban J connectivity index is -0.00000000900. The van der Waals surface area contributed by atoms with Gasteiger partial charge in [-0.2, -0.15) is 0 Å². The van der Waals surface area contributed by atoms with Gasteiger partial charge in [0.25, 0.3) is 0 Å². The van der Waals surface area contributed by atoms with Gasteiger partial charge < -0.3 is 33.3 Å². The summed E-state index contributed by atoms with van der Waals surface area (Å²) in [6.45, 7) is 0. The van der Waals surface area contributed by atoms with Crippen molar-refractivity contribution in [1.82, 2.24) is 6.15 Å². The summed E-state index contributed by atoms with van der Waals surface area (Å²) in [5, 5.41) is 18.8. The van der Waals surface area contributed by atoms with Gasteiger partial charge in [0.15, 0.2) is 0 Å². The molecule has 7 nitrogen and oxygen atoms in total. The molecule has 0 aliphatic rings. The summed E-state index contributed by atoms with van der Waals surface area (Å²) in [6, 6.07) is 0. The van der Waals surface area contributed by atoms with Crippen molar-refractivity contribution < 1.29 is 15.6 Å². The third kappa shape index (κ3) is 234. The molecule has 0 aliphatic carbocycles. The molecule has 0 heterocycles. The van der Waals surface area contributed by atoms with Crippen LogP contribution in [0.25, 0.3) is 17.7 Å². The minimum atomic E-state index is 0. The molecule has 0 aromatic carbocycles. The van der Waals surface area contributed by atoms with Crippen LogP contribution in [0.1, 0.15) is 0 Å². The lowest BCUT2D eigenvalue weighted by molar-refractivity contribution is 0.476. The lowest BCUT2D eigenvalue weighted by Gasteiger charge is -1.53. The zero-order valence-electron chi connectivity index (χ0n) is 3.29. The van der Waals surface area contributed by atoms with E-state index in [-0.39, 0.29) is 6.15 Å². The second-order valence-electron chi connectivity index (χ2n) is 0. The highest BCUT2D eigenvalue weighted by Gasteiger charge is 3.00. The monoisotopic (exact) mass is 110 g/mol. The molecule has 6 N–H and O–H groups in total. The van der Waals surface area contributed by atoms with Gasteiger partial charge in [-0.05, 0) is 0 Å². The van der Waals surface area contributed by atoms with Crippen LogP contribution >= 0.6 is 0 Å². The minimum absolute atomic E-state index is 0. The molecule has 0 atom stereocenters. The zero-order chi connectivity index (χ0) is 6.00. The Morgan fingerprint density at radius 2 is 0.571 bits per heavy atom. The molecular formula is H6N4O3. The maximum absolute atomic E-state index is 6.25. The Kier molecular flexibility index (Phi) is 1760. The van der Waals surface area contributed by atoms with Gasteiger partial charge in [0.1, 0.15) is 0 Å². The van der Waals surface area contributed by atoms with Crippen molar-refractivity contribution in [3.63, 3.8) is 0 Å². The lowest BCUT2D eigenvalue weighted by Crippen LogP contribution is -1.04. The molecule has 44 valence electrons. The van der Waals surface area contributed by atoms with Crippen LogP contribution in [0.15, 0.2) is 0 Å². The highest BCUT2D eigenvalue weighted by Crippen LogP contribution is 1.04. The fourth-order valence-corrected chi connectivity index (χ4v) is 0.